The van der Waals surface area contributed by atoms with Crippen molar-refractivity contribution in [1.29, 1.82) is 0 Å². The molecule has 0 amide bonds. The number of hydrogen-bond acceptors (Lipinski definition) is 2. The summed E-state index contributed by atoms with van der Waals surface area (Å²) in [6.07, 6.45) is 5.37. The first kappa shape index (κ1) is 13.3. The van der Waals surface area contributed by atoms with E-state index < -0.39 is 0 Å². The molecule has 1 aromatic rings. The molecule has 1 aliphatic carbocycles. The number of rotatable bonds is 5. The van der Waals surface area contributed by atoms with Gasteiger partial charge in [-0.2, -0.15) is 0 Å². The molecule has 1 saturated carbocycles. The molecule has 0 aliphatic heterocycles. The molecule has 1 aromatic carbocycles. The van der Waals surface area contributed by atoms with Crippen LogP contribution in [0, 0.1) is 12.3 Å². The lowest BCUT2D eigenvalue weighted by molar-refractivity contribution is 0.145. The number of benzene rings is 1. The SMILES string of the molecule is CCC1(CNc2ccc(C(N)=S)c(C)c2)CCC1. The van der Waals surface area contributed by atoms with Crippen LogP contribution >= 0.6 is 12.2 Å². The van der Waals surface area contributed by atoms with Crippen LogP contribution in [0.25, 0.3) is 0 Å². The predicted molar refractivity (Wildman–Crippen MR) is 82.1 cm³/mol. The van der Waals surface area contributed by atoms with Crippen LogP contribution in [-0.2, 0) is 0 Å². The Balaban J connectivity index is 2.02. The fourth-order valence-electron chi connectivity index (χ4n) is 2.67. The van der Waals surface area contributed by atoms with Crippen molar-refractivity contribution in [2.75, 3.05) is 11.9 Å². The first-order valence-corrected chi connectivity index (χ1v) is 7.11. The maximum Gasteiger partial charge on any atom is 0.104 e. The highest BCUT2D eigenvalue weighted by Crippen LogP contribution is 2.43. The Kier molecular flexibility index (Phi) is 3.91. The summed E-state index contributed by atoms with van der Waals surface area (Å²) in [6, 6.07) is 6.22. The fourth-order valence-corrected chi connectivity index (χ4v) is 2.90. The molecule has 0 aromatic heterocycles. The first-order chi connectivity index (χ1) is 8.56. The molecule has 98 valence electrons. The molecule has 0 saturated heterocycles. The fraction of sp³-hybridized carbons (Fsp3) is 0.533. The lowest BCUT2D eigenvalue weighted by Crippen LogP contribution is -2.35. The van der Waals surface area contributed by atoms with E-state index in [0.717, 1.165) is 17.7 Å². The smallest absolute Gasteiger partial charge is 0.104 e. The number of thiocarbonyl (C=S) groups is 1. The normalized spacial score (nSPS) is 17.0. The van der Waals surface area contributed by atoms with Crippen molar-refractivity contribution in [2.24, 2.45) is 11.1 Å². The van der Waals surface area contributed by atoms with Crippen LogP contribution < -0.4 is 11.1 Å². The summed E-state index contributed by atoms with van der Waals surface area (Å²) in [6.45, 7) is 5.43. The van der Waals surface area contributed by atoms with E-state index in [1.165, 1.54) is 31.4 Å². The molecule has 2 rings (SSSR count). The second-order valence-electron chi connectivity index (χ2n) is 5.45. The van der Waals surface area contributed by atoms with Gasteiger partial charge in [-0.05, 0) is 55.4 Å². The maximum absolute atomic E-state index is 5.67. The molecule has 0 unspecified atom stereocenters. The molecular formula is C15H22N2S. The summed E-state index contributed by atoms with van der Waals surface area (Å²) in [7, 11) is 0. The van der Waals surface area contributed by atoms with E-state index >= 15 is 0 Å². The van der Waals surface area contributed by atoms with Gasteiger partial charge in [0.25, 0.3) is 0 Å². The number of hydrogen-bond donors (Lipinski definition) is 2. The topological polar surface area (TPSA) is 38.0 Å². The summed E-state index contributed by atoms with van der Waals surface area (Å²) < 4.78 is 0. The summed E-state index contributed by atoms with van der Waals surface area (Å²) in [5.74, 6) is 0. The number of nitrogens with one attached hydrogen (secondary N) is 1. The zero-order chi connectivity index (χ0) is 13.2. The first-order valence-electron chi connectivity index (χ1n) is 6.71. The molecular weight excluding hydrogens is 240 g/mol. The molecule has 0 atom stereocenters. The maximum atomic E-state index is 5.67. The van der Waals surface area contributed by atoms with Gasteiger partial charge in [0.1, 0.15) is 4.99 Å². The molecule has 3 heteroatoms. The van der Waals surface area contributed by atoms with E-state index in [1.54, 1.807) is 0 Å². The highest BCUT2D eigenvalue weighted by molar-refractivity contribution is 7.80. The molecule has 1 fully saturated rings. The van der Waals surface area contributed by atoms with Gasteiger partial charge in [0, 0.05) is 17.8 Å². The van der Waals surface area contributed by atoms with Gasteiger partial charge < -0.3 is 11.1 Å². The van der Waals surface area contributed by atoms with Crippen LogP contribution in [0.2, 0.25) is 0 Å². The Morgan fingerprint density at radius 1 is 1.44 bits per heavy atom. The van der Waals surface area contributed by atoms with E-state index in [1.807, 2.05) is 6.07 Å². The Morgan fingerprint density at radius 3 is 2.61 bits per heavy atom. The van der Waals surface area contributed by atoms with Gasteiger partial charge in [0.15, 0.2) is 0 Å². The standard InChI is InChI=1S/C15H22N2S/c1-3-15(7-4-8-15)10-17-12-5-6-13(14(16)18)11(2)9-12/h5-6,9,17H,3-4,7-8,10H2,1-2H3,(H2,16,18). The monoisotopic (exact) mass is 262 g/mol. The molecule has 18 heavy (non-hydrogen) atoms. The van der Waals surface area contributed by atoms with Crippen molar-refractivity contribution in [3.8, 4) is 0 Å². The van der Waals surface area contributed by atoms with E-state index in [-0.39, 0.29) is 0 Å². The van der Waals surface area contributed by atoms with Crippen LogP contribution in [0.15, 0.2) is 18.2 Å². The summed E-state index contributed by atoms with van der Waals surface area (Å²) >= 11 is 5.02. The molecule has 0 radical (unpaired) electrons. The van der Waals surface area contributed by atoms with Crippen molar-refractivity contribution in [3.05, 3.63) is 29.3 Å². The zero-order valence-electron chi connectivity index (χ0n) is 11.3. The number of anilines is 1. The third kappa shape index (κ3) is 2.66. The van der Waals surface area contributed by atoms with Crippen molar-refractivity contribution in [3.63, 3.8) is 0 Å². The molecule has 0 spiro atoms. The van der Waals surface area contributed by atoms with Crippen molar-refractivity contribution in [1.82, 2.24) is 0 Å². The van der Waals surface area contributed by atoms with Crippen LogP contribution in [0.1, 0.15) is 43.7 Å². The summed E-state index contributed by atoms with van der Waals surface area (Å²) in [5.41, 5.74) is 9.50. The van der Waals surface area contributed by atoms with Crippen LogP contribution in [0.3, 0.4) is 0 Å². The number of nitrogens with two attached hydrogens (primary N) is 1. The van der Waals surface area contributed by atoms with Gasteiger partial charge in [-0.1, -0.05) is 25.6 Å². The lowest BCUT2D eigenvalue weighted by atomic mass is 9.67. The van der Waals surface area contributed by atoms with Gasteiger partial charge in [-0.3, -0.25) is 0 Å². The minimum absolute atomic E-state index is 0.475. The zero-order valence-corrected chi connectivity index (χ0v) is 12.1. The predicted octanol–water partition coefficient (Wildman–Crippen LogP) is 3.62. The van der Waals surface area contributed by atoms with Gasteiger partial charge in [-0.15, -0.1) is 0 Å². The summed E-state index contributed by atoms with van der Waals surface area (Å²) in [4.78, 5) is 0.475. The van der Waals surface area contributed by atoms with E-state index in [4.69, 9.17) is 18.0 Å². The minimum atomic E-state index is 0.475. The number of aryl methyl sites for hydroxylation is 1. The van der Waals surface area contributed by atoms with Gasteiger partial charge in [0.2, 0.25) is 0 Å². The Bertz CT molecular complexity index is 444. The second-order valence-corrected chi connectivity index (χ2v) is 5.89. The highest BCUT2D eigenvalue weighted by Gasteiger charge is 2.34. The third-order valence-corrected chi connectivity index (χ3v) is 4.54. The molecule has 2 nitrogen and oxygen atoms in total. The van der Waals surface area contributed by atoms with Gasteiger partial charge >= 0.3 is 0 Å². The van der Waals surface area contributed by atoms with Gasteiger partial charge in [-0.25, -0.2) is 0 Å². The Morgan fingerprint density at radius 2 is 2.17 bits per heavy atom. The molecule has 3 N–H and O–H groups in total. The molecule has 0 bridgehead atoms. The largest absolute Gasteiger partial charge is 0.389 e. The van der Waals surface area contributed by atoms with E-state index in [9.17, 15) is 0 Å². The average Bonchev–Trinajstić information content (AvgIpc) is 2.27. The van der Waals surface area contributed by atoms with Crippen LogP contribution in [0.4, 0.5) is 5.69 Å². The second kappa shape index (κ2) is 5.27. The summed E-state index contributed by atoms with van der Waals surface area (Å²) in [5, 5.41) is 3.56. The minimum Gasteiger partial charge on any atom is -0.389 e. The van der Waals surface area contributed by atoms with Crippen molar-refractivity contribution >= 4 is 22.9 Å². The Hall–Kier alpha value is -1.09. The van der Waals surface area contributed by atoms with E-state index in [2.05, 4.69) is 31.3 Å². The van der Waals surface area contributed by atoms with Crippen LogP contribution in [0.5, 0.6) is 0 Å². The quantitative estimate of drug-likeness (QED) is 0.796. The lowest BCUT2D eigenvalue weighted by Gasteiger charge is -2.41. The molecule has 1 aliphatic rings. The average molecular weight is 262 g/mol. The van der Waals surface area contributed by atoms with Gasteiger partial charge in [0.05, 0.1) is 0 Å². The third-order valence-electron chi connectivity index (χ3n) is 4.32. The van der Waals surface area contributed by atoms with Crippen molar-refractivity contribution in [2.45, 2.75) is 39.5 Å². The van der Waals surface area contributed by atoms with Crippen molar-refractivity contribution < 1.29 is 0 Å². The van der Waals surface area contributed by atoms with Crippen LogP contribution in [-0.4, -0.2) is 11.5 Å². The molecule has 0 heterocycles. The highest BCUT2D eigenvalue weighted by atomic mass is 32.1. The Labute approximate surface area is 115 Å². The van der Waals surface area contributed by atoms with E-state index in [0.29, 0.717) is 10.4 Å².